The Morgan fingerprint density at radius 3 is 2.47 bits per heavy atom. The number of hydrogen-bond donors (Lipinski definition) is 0. The fourth-order valence-corrected chi connectivity index (χ4v) is 2.60. The molecular weight excluding hydrogens is 236 g/mol. The van der Waals surface area contributed by atoms with Crippen molar-refractivity contribution in [3.05, 3.63) is 65.7 Å². The van der Waals surface area contributed by atoms with E-state index in [1.54, 1.807) is 0 Å². The monoisotopic (exact) mass is 248 g/mol. The van der Waals surface area contributed by atoms with Gasteiger partial charge < -0.3 is 9.47 Å². The molecule has 2 aromatic carbocycles. The first-order valence-electron chi connectivity index (χ1n) is 6.23. The van der Waals surface area contributed by atoms with E-state index >= 15 is 0 Å². The van der Waals surface area contributed by atoms with E-state index in [1.807, 2.05) is 30.3 Å². The van der Waals surface area contributed by atoms with E-state index in [9.17, 15) is 0 Å². The Balaban J connectivity index is 1.84. The number of ether oxygens (including phenoxy) is 2. The Kier molecular flexibility index (Phi) is 2.06. The summed E-state index contributed by atoms with van der Waals surface area (Å²) in [5.41, 5.74) is 5.67. The van der Waals surface area contributed by atoms with Gasteiger partial charge >= 0.3 is 0 Å². The summed E-state index contributed by atoms with van der Waals surface area (Å²) in [5.74, 6) is 1.62. The van der Waals surface area contributed by atoms with Gasteiger partial charge in [-0.3, -0.25) is 0 Å². The van der Waals surface area contributed by atoms with Crippen molar-refractivity contribution < 1.29 is 9.47 Å². The minimum Gasteiger partial charge on any atom is -0.454 e. The van der Waals surface area contributed by atoms with Crippen molar-refractivity contribution in [2.24, 2.45) is 0 Å². The van der Waals surface area contributed by atoms with Gasteiger partial charge in [0.2, 0.25) is 6.79 Å². The Morgan fingerprint density at radius 2 is 1.68 bits per heavy atom. The predicted octanol–water partition coefficient (Wildman–Crippen LogP) is 3.98. The predicted molar refractivity (Wildman–Crippen MR) is 75.9 cm³/mol. The Hall–Kier alpha value is -2.48. The van der Waals surface area contributed by atoms with Crippen LogP contribution in [0.3, 0.4) is 0 Å². The molecule has 0 saturated carbocycles. The standard InChI is InChI=1S/C17H12O2/c1-11-14(12-5-3-2-4-6-12)7-13-8-16-17(9-15(11)13)19-10-18-16/h2-9H,1,10H2. The lowest BCUT2D eigenvalue weighted by Gasteiger charge is -2.06. The van der Waals surface area contributed by atoms with Crippen molar-refractivity contribution in [3.8, 4) is 11.5 Å². The van der Waals surface area contributed by atoms with Crippen LogP contribution in [0.15, 0.2) is 49.0 Å². The van der Waals surface area contributed by atoms with Gasteiger partial charge in [0.1, 0.15) is 0 Å². The molecule has 0 atom stereocenters. The summed E-state index contributed by atoms with van der Waals surface area (Å²) in [7, 11) is 0. The topological polar surface area (TPSA) is 18.5 Å². The lowest BCUT2D eigenvalue weighted by atomic mass is 9.99. The third kappa shape index (κ3) is 1.50. The first-order valence-corrected chi connectivity index (χ1v) is 6.23. The summed E-state index contributed by atoms with van der Waals surface area (Å²) in [6.45, 7) is 4.52. The number of benzene rings is 2. The molecule has 0 radical (unpaired) electrons. The number of fused-ring (bicyclic) bond motifs is 2. The minimum absolute atomic E-state index is 0.306. The highest BCUT2D eigenvalue weighted by atomic mass is 16.7. The van der Waals surface area contributed by atoms with Crippen molar-refractivity contribution in [1.82, 2.24) is 0 Å². The molecule has 0 saturated heterocycles. The van der Waals surface area contributed by atoms with E-state index in [1.165, 1.54) is 11.1 Å². The van der Waals surface area contributed by atoms with Crippen molar-refractivity contribution in [3.63, 3.8) is 0 Å². The Bertz CT molecular complexity index is 712. The number of rotatable bonds is 1. The van der Waals surface area contributed by atoms with Crippen LogP contribution in [-0.2, 0) is 0 Å². The van der Waals surface area contributed by atoms with Crippen LogP contribution in [-0.4, -0.2) is 6.79 Å². The van der Waals surface area contributed by atoms with Crippen molar-refractivity contribution in [2.75, 3.05) is 6.79 Å². The zero-order valence-corrected chi connectivity index (χ0v) is 10.3. The van der Waals surface area contributed by atoms with Crippen molar-refractivity contribution >= 4 is 17.2 Å². The van der Waals surface area contributed by atoms with Crippen molar-refractivity contribution in [1.29, 1.82) is 0 Å². The highest BCUT2D eigenvalue weighted by Gasteiger charge is 2.23. The van der Waals surface area contributed by atoms with Gasteiger partial charge in [-0.1, -0.05) is 36.9 Å². The SMILES string of the molecule is C=C1C(c2ccccc2)=Cc2cc3c(cc21)OCO3. The summed E-state index contributed by atoms with van der Waals surface area (Å²) in [4.78, 5) is 0. The second-order valence-electron chi connectivity index (χ2n) is 4.70. The van der Waals surface area contributed by atoms with E-state index in [0.29, 0.717) is 6.79 Å². The fourth-order valence-electron chi connectivity index (χ4n) is 2.60. The average molecular weight is 248 g/mol. The summed E-state index contributed by atoms with van der Waals surface area (Å²) in [5, 5.41) is 0. The molecular formula is C17H12O2. The Morgan fingerprint density at radius 1 is 0.947 bits per heavy atom. The van der Waals surface area contributed by atoms with Gasteiger partial charge in [-0.15, -0.1) is 0 Å². The molecule has 2 aliphatic rings. The van der Waals surface area contributed by atoms with Gasteiger partial charge in [0.15, 0.2) is 11.5 Å². The maximum atomic E-state index is 5.43. The van der Waals surface area contributed by atoms with Crippen LogP contribution in [0.1, 0.15) is 16.7 Å². The molecule has 1 aliphatic heterocycles. The lowest BCUT2D eigenvalue weighted by Crippen LogP contribution is -1.93. The quantitative estimate of drug-likeness (QED) is 0.760. The minimum atomic E-state index is 0.306. The van der Waals surface area contributed by atoms with Crippen LogP contribution >= 0.6 is 0 Å². The molecule has 19 heavy (non-hydrogen) atoms. The second-order valence-corrected chi connectivity index (χ2v) is 4.70. The van der Waals surface area contributed by atoms with E-state index in [0.717, 1.165) is 28.2 Å². The molecule has 92 valence electrons. The normalized spacial score (nSPS) is 15.4. The smallest absolute Gasteiger partial charge is 0.231 e. The molecule has 0 unspecified atom stereocenters. The van der Waals surface area contributed by atoms with Crippen LogP contribution < -0.4 is 9.47 Å². The van der Waals surface area contributed by atoms with Crippen LogP contribution in [0.25, 0.3) is 17.2 Å². The third-order valence-corrected chi connectivity index (χ3v) is 3.58. The molecule has 2 nitrogen and oxygen atoms in total. The highest BCUT2D eigenvalue weighted by Crippen LogP contribution is 2.45. The van der Waals surface area contributed by atoms with E-state index < -0.39 is 0 Å². The van der Waals surface area contributed by atoms with Gasteiger partial charge in [-0.05, 0) is 46.0 Å². The Labute approximate surface area is 111 Å². The molecule has 4 rings (SSSR count). The maximum Gasteiger partial charge on any atom is 0.231 e. The van der Waals surface area contributed by atoms with Gasteiger partial charge in [-0.25, -0.2) is 0 Å². The molecule has 2 aromatic rings. The molecule has 2 heteroatoms. The largest absolute Gasteiger partial charge is 0.454 e. The summed E-state index contributed by atoms with van der Waals surface area (Å²) in [6.07, 6.45) is 2.16. The fraction of sp³-hybridized carbons (Fsp3) is 0.0588. The average Bonchev–Trinajstić information content (AvgIpc) is 3.02. The molecule has 0 fully saturated rings. The third-order valence-electron chi connectivity index (χ3n) is 3.58. The number of hydrogen-bond acceptors (Lipinski definition) is 2. The summed E-state index contributed by atoms with van der Waals surface area (Å²) < 4.78 is 10.8. The van der Waals surface area contributed by atoms with E-state index in [4.69, 9.17) is 9.47 Å². The second kappa shape index (κ2) is 3.75. The first-order chi connectivity index (χ1) is 9.33. The molecule has 1 aliphatic carbocycles. The first kappa shape index (κ1) is 10.4. The van der Waals surface area contributed by atoms with Crippen LogP contribution in [0.4, 0.5) is 0 Å². The zero-order valence-electron chi connectivity index (χ0n) is 10.3. The number of allylic oxidation sites excluding steroid dienone is 2. The maximum absolute atomic E-state index is 5.43. The van der Waals surface area contributed by atoms with Gasteiger partial charge in [0.25, 0.3) is 0 Å². The van der Waals surface area contributed by atoms with E-state index in [2.05, 4.69) is 24.8 Å². The van der Waals surface area contributed by atoms with E-state index in [-0.39, 0.29) is 0 Å². The summed E-state index contributed by atoms with van der Waals surface area (Å²) >= 11 is 0. The van der Waals surface area contributed by atoms with Gasteiger partial charge in [-0.2, -0.15) is 0 Å². The molecule has 0 aromatic heterocycles. The van der Waals surface area contributed by atoms with Crippen LogP contribution in [0, 0.1) is 0 Å². The van der Waals surface area contributed by atoms with Crippen molar-refractivity contribution in [2.45, 2.75) is 0 Å². The highest BCUT2D eigenvalue weighted by molar-refractivity contribution is 6.16. The molecule has 1 heterocycles. The van der Waals surface area contributed by atoms with Crippen LogP contribution in [0.5, 0.6) is 11.5 Å². The molecule has 0 bridgehead atoms. The van der Waals surface area contributed by atoms with Crippen LogP contribution in [0.2, 0.25) is 0 Å². The zero-order chi connectivity index (χ0) is 12.8. The molecule has 0 amide bonds. The van der Waals surface area contributed by atoms with Gasteiger partial charge in [0.05, 0.1) is 0 Å². The lowest BCUT2D eigenvalue weighted by molar-refractivity contribution is 0.174. The van der Waals surface area contributed by atoms with Gasteiger partial charge in [0, 0.05) is 0 Å². The molecule has 0 spiro atoms. The summed E-state index contributed by atoms with van der Waals surface area (Å²) in [6, 6.07) is 14.3. The molecule has 0 N–H and O–H groups in total.